The van der Waals surface area contributed by atoms with E-state index in [1.807, 2.05) is 37.4 Å². The van der Waals surface area contributed by atoms with Crippen molar-refractivity contribution < 1.29 is 5.11 Å². The first-order chi connectivity index (χ1) is 14.1. The Morgan fingerprint density at radius 2 is 2.00 bits per heavy atom. The van der Waals surface area contributed by atoms with Gasteiger partial charge < -0.3 is 10.0 Å². The third-order valence-corrected chi connectivity index (χ3v) is 5.96. The fourth-order valence-corrected chi connectivity index (χ4v) is 4.42. The number of aliphatic hydroxyl groups is 1. The third-order valence-electron chi connectivity index (χ3n) is 5.96. The van der Waals surface area contributed by atoms with Crippen molar-refractivity contribution >= 4 is 16.6 Å². The predicted octanol–water partition coefficient (Wildman–Crippen LogP) is 3.77. The zero-order valence-corrected chi connectivity index (χ0v) is 16.5. The second-order valence-electron chi connectivity index (χ2n) is 8.34. The third kappa shape index (κ3) is 3.35. The number of anilines is 1. The number of fused-ring (bicyclic) bond motifs is 1. The van der Waals surface area contributed by atoms with Crippen molar-refractivity contribution in [2.24, 2.45) is 0 Å². The standard InChI is InChI=1S/C24H24N4O/c1-24(29)15-28(12-11-27-24)21-14-26-23-19(17-7-5-16(13-25)6-8-17)3-2-4-20(23)22(21)18-9-10-18/h2-8,14,18,27,29H,9-12,15H2,1H3. The average molecular weight is 384 g/mol. The van der Waals surface area contributed by atoms with Gasteiger partial charge in [0.1, 0.15) is 5.72 Å². The second-order valence-corrected chi connectivity index (χ2v) is 8.34. The van der Waals surface area contributed by atoms with E-state index in [4.69, 9.17) is 10.2 Å². The minimum atomic E-state index is -0.891. The van der Waals surface area contributed by atoms with Crippen LogP contribution in [-0.4, -0.2) is 35.4 Å². The lowest BCUT2D eigenvalue weighted by Gasteiger charge is -2.40. The number of piperazine rings is 1. The van der Waals surface area contributed by atoms with Gasteiger partial charge in [0, 0.05) is 24.0 Å². The van der Waals surface area contributed by atoms with E-state index in [1.54, 1.807) is 0 Å². The number of para-hydroxylation sites is 1. The van der Waals surface area contributed by atoms with E-state index in [-0.39, 0.29) is 0 Å². The molecule has 5 rings (SSSR count). The zero-order valence-electron chi connectivity index (χ0n) is 16.5. The van der Waals surface area contributed by atoms with Crippen molar-refractivity contribution in [1.82, 2.24) is 10.3 Å². The fraction of sp³-hybridized carbons (Fsp3) is 0.333. The molecule has 1 aliphatic heterocycles. The molecule has 1 saturated carbocycles. The highest BCUT2D eigenvalue weighted by molar-refractivity contribution is 5.98. The Morgan fingerprint density at radius 1 is 1.21 bits per heavy atom. The van der Waals surface area contributed by atoms with Crippen LogP contribution in [0.2, 0.25) is 0 Å². The Morgan fingerprint density at radius 3 is 2.69 bits per heavy atom. The van der Waals surface area contributed by atoms with Gasteiger partial charge >= 0.3 is 0 Å². The zero-order chi connectivity index (χ0) is 20.0. The molecule has 2 N–H and O–H groups in total. The number of benzene rings is 2. The van der Waals surface area contributed by atoms with Gasteiger partial charge in [-0.15, -0.1) is 0 Å². The van der Waals surface area contributed by atoms with Gasteiger partial charge in [0.15, 0.2) is 0 Å². The second kappa shape index (κ2) is 6.84. The number of hydrogen-bond acceptors (Lipinski definition) is 5. The lowest BCUT2D eigenvalue weighted by molar-refractivity contribution is 0.0213. The maximum atomic E-state index is 10.5. The molecule has 3 aromatic rings. The molecule has 29 heavy (non-hydrogen) atoms. The maximum absolute atomic E-state index is 10.5. The van der Waals surface area contributed by atoms with Crippen molar-refractivity contribution in [2.45, 2.75) is 31.4 Å². The van der Waals surface area contributed by atoms with E-state index < -0.39 is 5.72 Å². The molecular weight excluding hydrogens is 360 g/mol. The van der Waals surface area contributed by atoms with Gasteiger partial charge in [-0.05, 0) is 48.9 Å². The molecule has 1 atom stereocenters. The number of aromatic nitrogens is 1. The Labute approximate surface area is 170 Å². The lowest BCUT2D eigenvalue weighted by Crippen LogP contribution is -2.59. The molecule has 1 aliphatic carbocycles. The Bertz CT molecular complexity index is 1110. The van der Waals surface area contributed by atoms with Crippen LogP contribution in [0.1, 0.15) is 36.8 Å². The summed E-state index contributed by atoms with van der Waals surface area (Å²) in [6.07, 6.45) is 4.40. The molecule has 2 heterocycles. The van der Waals surface area contributed by atoms with Gasteiger partial charge in [-0.3, -0.25) is 10.3 Å². The molecule has 0 bridgehead atoms. The van der Waals surface area contributed by atoms with Gasteiger partial charge in [0.2, 0.25) is 0 Å². The van der Waals surface area contributed by atoms with Crippen molar-refractivity contribution in [3.05, 3.63) is 59.8 Å². The van der Waals surface area contributed by atoms with E-state index in [2.05, 4.69) is 34.5 Å². The first-order valence-corrected chi connectivity index (χ1v) is 10.2. The highest BCUT2D eigenvalue weighted by Crippen LogP contribution is 2.48. The molecule has 1 saturated heterocycles. The summed E-state index contributed by atoms with van der Waals surface area (Å²) in [5.74, 6) is 0.562. The number of nitrogens with zero attached hydrogens (tertiary/aromatic N) is 3. The minimum Gasteiger partial charge on any atom is -0.374 e. The average Bonchev–Trinajstić information content (AvgIpc) is 3.57. The summed E-state index contributed by atoms with van der Waals surface area (Å²) in [4.78, 5) is 7.15. The van der Waals surface area contributed by atoms with E-state index in [0.29, 0.717) is 18.0 Å². The maximum Gasteiger partial charge on any atom is 0.130 e. The van der Waals surface area contributed by atoms with E-state index >= 15 is 0 Å². The number of nitrogens with one attached hydrogen (secondary N) is 1. The summed E-state index contributed by atoms with van der Waals surface area (Å²) >= 11 is 0. The summed E-state index contributed by atoms with van der Waals surface area (Å²) in [6, 6.07) is 16.2. The molecular formula is C24H24N4O. The molecule has 1 unspecified atom stereocenters. The molecule has 0 spiro atoms. The van der Waals surface area contributed by atoms with Gasteiger partial charge in [-0.25, -0.2) is 0 Å². The van der Waals surface area contributed by atoms with Crippen LogP contribution in [0.4, 0.5) is 5.69 Å². The molecule has 1 aromatic heterocycles. The van der Waals surface area contributed by atoms with Crippen molar-refractivity contribution in [2.75, 3.05) is 24.5 Å². The van der Waals surface area contributed by atoms with Crippen molar-refractivity contribution in [3.63, 3.8) is 0 Å². The largest absolute Gasteiger partial charge is 0.374 e. The Balaban J connectivity index is 1.65. The fourth-order valence-electron chi connectivity index (χ4n) is 4.42. The van der Waals surface area contributed by atoms with Crippen LogP contribution in [0.3, 0.4) is 0 Å². The number of β-amino-alcohol motifs (C(OH)–C–C–N with tert-alkyl or cyclic N) is 1. The number of hydrogen-bond donors (Lipinski definition) is 2. The van der Waals surface area contributed by atoms with Gasteiger partial charge in [-0.1, -0.05) is 30.3 Å². The number of nitriles is 1. The Kier molecular flexibility index (Phi) is 4.27. The summed E-state index contributed by atoms with van der Waals surface area (Å²) in [7, 11) is 0. The van der Waals surface area contributed by atoms with Crippen molar-refractivity contribution in [3.8, 4) is 17.2 Å². The van der Waals surface area contributed by atoms with Crippen LogP contribution in [0, 0.1) is 11.3 Å². The van der Waals surface area contributed by atoms with Crippen LogP contribution in [0.5, 0.6) is 0 Å². The van der Waals surface area contributed by atoms with Crippen LogP contribution in [0.15, 0.2) is 48.7 Å². The van der Waals surface area contributed by atoms with E-state index in [0.717, 1.165) is 35.4 Å². The first-order valence-electron chi connectivity index (χ1n) is 10.2. The van der Waals surface area contributed by atoms with Gasteiger partial charge in [0.05, 0.1) is 35.6 Å². The molecule has 2 aliphatic rings. The van der Waals surface area contributed by atoms with Crippen LogP contribution in [0.25, 0.3) is 22.0 Å². The number of pyridine rings is 1. The normalized spacial score (nSPS) is 21.9. The molecule has 5 heteroatoms. The number of rotatable bonds is 3. The molecule has 2 aromatic carbocycles. The highest BCUT2D eigenvalue weighted by Gasteiger charge is 2.34. The molecule has 0 radical (unpaired) electrons. The van der Waals surface area contributed by atoms with Crippen molar-refractivity contribution in [1.29, 1.82) is 5.26 Å². The smallest absolute Gasteiger partial charge is 0.130 e. The minimum absolute atomic E-state index is 0.551. The molecule has 146 valence electrons. The topological polar surface area (TPSA) is 72.2 Å². The predicted molar refractivity (Wildman–Crippen MR) is 115 cm³/mol. The highest BCUT2D eigenvalue weighted by atomic mass is 16.3. The quantitative estimate of drug-likeness (QED) is 0.719. The van der Waals surface area contributed by atoms with Crippen LogP contribution < -0.4 is 10.2 Å². The lowest BCUT2D eigenvalue weighted by atomic mass is 9.96. The summed E-state index contributed by atoms with van der Waals surface area (Å²) in [5, 5.41) is 24.0. The van der Waals surface area contributed by atoms with Gasteiger partial charge in [-0.2, -0.15) is 5.26 Å². The molecule has 5 nitrogen and oxygen atoms in total. The van der Waals surface area contributed by atoms with Gasteiger partial charge in [0.25, 0.3) is 0 Å². The first kappa shape index (κ1) is 18.1. The van der Waals surface area contributed by atoms with E-state index in [9.17, 15) is 5.11 Å². The monoisotopic (exact) mass is 384 g/mol. The van der Waals surface area contributed by atoms with Crippen LogP contribution in [-0.2, 0) is 0 Å². The summed E-state index contributed by atoms with van der Waals surface area (Å²) < 4.78 is 0. The van der Waals surface area contributed by atoms with E-state index in [1.165, 1.54) is 23.8 Å². The SMILES string of the molecule is CC1(O)CN(c2cnc3c(-c4ccc(C#N)cc4)cccc3c2C2CC2)CCN1. The Hall–Kier alpha value is -2.94. The molecule has 0 amide bonds. The molecule has 2 fully saturated rings. The van der Waals surface area contributed by atoms with Crippen LogP contribution >= 0.6 is 0 Å². The summed E-state index contributed by atoms with van der Waals surface area (Å²) in [6.45, 7) is 3.99. The summed E-state index contributed by atoms with van der Waals surface area (Å²) in [5.41, 5.74) is 5.45.